The van der Waals surface area contributed by atoms with Gasteiger partial charge in [-0.3, -0.25) is 9.80 Å². The van der Waals surface area contributed by atoms with Crippen molar-refractivity contribution < 1.29 is 0 Å². The van der Waals surface area contributed by atoms with Crippen LogP contribution in [-0.2, 0) is 19.5 Å². The number of fused-ring (bicyclic) bond motifs is 1. The second kappa shape index (κ2) is 8.45. The van der Waals surface area contributed by atoms with Gasteiger partial charge in [0.15, 0.2) is 0 Å². The second-order valence-electron chi connectivity index (χ2n) is 8.08. The lowest BCUT2D eigenvalue weighted by Gasteiger charge is -2.34. The monoisotopic (exact) mass is 343 g/mol. The number of aromatic nitrogens is 3. The molecule has 25 heavy (non-hydrogen) atoms. The molecule has 0 aromatic carbocycles. The fourth-order valence-corrected chi connectivity index (χ4v) is 4.57. The minimum Gasteiger partial charge on any atom is -0.297 e. The highest BCUT2D eigenvalue weighted by molar-refractivity contribution is 5.13. The number of hydrogen-bond acceptors (Lipinski definition) is 4. The van der Waals surface area contributed by atoms with Crippen molar-refractivity contribution in [1.29, 1.82) is 0 Å². The number of nitrogens with zero attached hydrogens (tertiary/aromatic N) is 5. The first kappa shape index (κ1) is 17.2. The zero-order valence-electron chi connectivity index (χ0n) is 15.6. The van der Waals surface area contributed by atoms with Crippen molar-refractivity contribution in [2.45, 2.75) is 64.5 Å². The van der Waals surface area contributed by atoms with Gasteiger partial charge in [0, 0.05) is 32.7 Å². The van der Waals surface area contributed by atoms with Crippen LogP contribution in [0, 0.1) is 5.92 Å². The lowest BCUT2D eigenvalue weighted by molar-refractivity contribution is 0.108. The summed E-state index contributed by atoms with van der Waals surface area (Å²) in [6.07, 6.45) is 16.9. The molecule has 1 saturated carbocycles. The summed E-state index contributed by atoms with van der Waals surface area (Å²) in [5.41, 5.74) is 2.64. The van der Waals surface area contributed by atoms with Gasteiger partial charge in [0.05, 0.1) is 18.1 Å². The first-order valence-corrected chi connectivity index (χ1v) is 10.4. The third-order valence-corrected chi connectivity index (χ3v) is 6.22. The van der Waals surface area contributed by atoms with Crippen molar-refractivity contribution in [2.24, 2.45) is 5.92 Å². The lowest BCUT2D eigenvalue weighted by Crippen LogP contribution is -2.46. The van der Waals surface area contributed by atoms with E-state index >= 15 is 0 Å². The quantitative estimate of drug-likeness (QED) is 0.771. The van der Waals surface area contributed by atoms with E-state index < -0.39 is 0 Å². The molecule has 1 aliphatic heterocycles. The van der Waals surface area contributed by atoms with E-state index in [2.05, 4.69) is 36.9 Å². The normalized spacial score (nSPS) is 24.0. The van der Waals surface area contributed by atoms with E-state index in [9.17, 15) is 0 Å². The maximum absolute atomic E-state index is 4.41. The molecule has 0 spiro atoms. The minimum atomic E-state index is 0.855. The largest absolute Gasteiger partial charge is 0.297 e. The van der Waals surface area contributed by atoms with Gasteiger partial charge in [-0.1, -0.05) is 36.6 Å². The van der Waals surface area contributed by atoms with Crippen molar-refractivity contribution in [3.05, 3.63) is 23.5 Å². The first-order chi connectivity index (χ1) is 12.4. The van der Waals surface area contributed by atoms with Crippen LogP contribution in [0.4, 0.5) is 0 Å². The third-order valence-electron chi connectivity index (χ3n) is 6.22. The fraction of sp³-hybridized carbons (Fsp3) is 0.800. The lowest BCUT2D eigenvalue weighted by atomic mass is 9.89. The van der Waals surface area contributed by atoms with Crippen molar-refractivity contribution in [1.82, 2.24) is 24.8 Å². The molecule has 0 radical (unpaired) electrons. The fourth-order valence-electron chi connectivity index (χ4n) is 4.57. The molecular formula is C20H33N5. The molecule has 138 valence electrons. The third kappa shape index (κ3) is 4.50. The summed E-state index contributed by atoms with van der Waals surface area (Å²) in [4.78, 5) is 5.12. The Hall–Kier alpha value is -1.20. The van der Waals surface area contributed by atoms with Crippen molar-refractivity contribution in [2.75, 3.05) is 32.7 Å². The summed E-state index contributed by atoms with van der Waals surface area (Å²) in [5, 5.41) is 8.80. The highest BCUT2D eigenvalue weighted by atomic mass is 15.5. The average Bonchev–Trinajstić information content (AvgIpc) is 3.07. The van der Waals surface area contributed by atoms with Crippen LogP contribution in [0.3, 0.4) is 0 Å². The summed E-state index contributed by atoms with van der Waals surface area (Å²) in [7, 11) is 0. The zero-order chi connectivity index (χ0) is 16.9. The standard InChI is InChI=1S/C20H33N5/c1-2-7-18(8-3-1)9-6-12-23-13-15-24(16-14-23)17-25-20-11-5-4-10-19(20)21-22-25/h6,9,18H,1-5,7-8,10-17H2/b9-6-. The molecule has 5 nitrogen and oxygen atoms in total. The van der Waals surface area contributed by atoms with Gasteiger partial charge in [-0.2, -0.15) is 0 Å². The molecule has 0 bridgehead atoms. The molecule has 0 unspecified atom stereocenters. The summed E-state index contributed by atoms with van der Waals surface area (Å²) < 4.78 is 2.16. The van der Waals surface area contributed by atoms with Gasteiger partial charge in [-0.05, 0) is 44.4 Å². The van der Waals surface area contributed by atoms with Gasteiger partial charge < -0.3 is 0 Å². The molecule has 0 N–H and O–H groups in total. The van der Waals surface area contributed by atoms with E-state index in [0.29, 0.717) is 0 Å². The molecule has 5 heteroatoms. The number of aryl methyl sites for hydroxylation is 1. The van der Waals surface area contributed by atoms with Gasteiger partial charge in [0.2, 0.25) is 0 Å². The summed E-state index contributed by atoms with van der Waals surface area (Å²) in [6.45, 7) is 6.69. The zero-order valence-corrected chi connectivity index (χ0v) is 15.6. The predicted molar refractivity (Wildman–Crippen MR) is 100 cm³/mol. The van der Waals surface area contributed by atoms with Gasteiger partial charge in [-0.25, -0.2) is 4.68 Å². The molecule has 2 fully saturated rings. The summed E-state index contributed by atoms with van der Waals surface area (Å²) in [5.74, 6) is 0.855. The van der Waals surface area contributed by atoms with E-state index in [1.807, 2.05) is 0 Å². The van der Waals surface area contributed by atoms with Crippen LogP contribution in [-0.4, -0.2) is 57.5 Å². The highest BCUT2D eigenvalue weighted by Crippen LogP contribution is 2.24. The van der Waals surface area contributed by atoms with Crippen molar-refractivity contribution >= 4 is 0 Å². The molecule has 2 heterocycles. The number of allylic oxidation sites excluding steroid dienone is 1. The van der Waals surface area contributed by atoms with Crippen LogP contribution in [0.2, 0.25) is 0 Å². The Morgan fingerprint density at radius 3 is 2.48 bits per heavy atom. The summed E-state index contributed by atoms with van der Waals surface area (Å²) in [6, 6.07) is 0. The first-order valence-electron chi connectivity index (χ1n) is 10.4. The smallest absolute Gasteiger partial charge is 0.0950 e. The average molecular weight is 344 g/mol. The topological polar surface area (TPSA) is 37.2 Å². The Morgan fingerprint density at radius 2 is 1.64 bits per heavy atom. The van der Waals surface area contributed by atoms with Crippen LogP contribution in [0.15, 0.2) is 12.2 Å². The van der Waals surface area contributed by atoms with E-state index in [-0.39, 0.29) is 0 Å². The van der Waals surface area contributed by atoms with Crippen LogP contribution < -0.4 is 0 Å². The SMILES string of the molecule is C(=C/C1CCCCC1)/CN1CCN(Cn2nnc3c2CCCC3)CC1. The number of rotatable bonds is 5. The van der Waals surface area contributed by atoms with E-state index in [4.69, 9.17) is 0 Å². The summed E-state index contributed by atoms with van der Waals surface area (Å²) >= 11 is 0. The van der Waals surface area contributed by atoms with E-state index in [1.165, 1.54) is 69.4 Å². The van der Waals surface area contributed by atoms with E-state index in [1.54, 1.807) is 0 Å². The van der Waals surface area contributed by atoms with Gasteiger partial charge in [-0.15, -0.1) is 5.10 Å². The molecule has 1 aromatic heterocycles. The van der Waals surface area contributed by atoms with Crippen LogP contribution >= 0.6 is 0 Å². The van der Waals surface area contributed by atoms with Crippen LogP contribution in [0.1, 0.15) is 56.3 Å². The molecule has 4 rings (SSSR count). The Bertz CT molecular complexity index is 565. The Labute approximate surface area is 152 Å². The Balaban J connectivity index is 1.20. The number of hydrogen-bond donors (Lipinski definition) is 0. The molecule has 0 amide bonds. The second-order valence-corrected chi connectivity index (χ2v) is 8.08. The van der Waals surface area contributed by atoms with E-state index in [0.717, 1.165) is 45.1 Å². The number of piperazine rings is 1. The molecule has 0 atom stereocenters. The maximum Gasteiger partial charge on any atom is 0.0950 e. The van der Waals surface area contributed by atoms with Crippen LogP contribution in [0.5, 0.6) is 0 Å². The van der Waals surface area contributed by atoms with Gasteiger partial charge >= 0.3 is 0 Å². The minimum absolute atomic E-state index is 0.855. The molecule has 3 aliphatic rings. The van der Waals surface area contributed by atoms with Crippen molar-refractivity contribution in [3.8, 4) is 0 Å². The van der Waals surface area contributed by atoms with Gasteiger partial charge in [0.25, 0.3) is 0 Å². The van der Waals surface area contributed by atoms with Crippen LogP contribution in [0.25, 0.3) is 0 Å². The highest BCUT2D eigenvalue weighted by Gasteiger charge is 2.21. The molecule has 2 aliphatic carbocycles. The molecular weight excluding hydrogens is 310 g/mol. The molecule has 1 saturated heterocycles. The molecule has 1 aromatic rings. The maximum atomic E-state index is 4.41. The Kier molecular flexibility index (Phi) is 5.83. The Morgan fingerprint density at radius 1 is 0.880 bits per heavy atom. The predicted octanol–water partition coefficient (Wildman–Crippen LogP) is 2.87. The van der Waals surface area contributed by atoms with Crippen molar-refractivity contribution in [3.63, 3.8) is 0 Å². The van der Waals surface area contributed by atoms with Gasteiger partial charge in [0.1, 0.15) is 0 Å².